The predicted molar refractivity (Wildman–Crippen MR) is 87.6 cm³/mol. The van der Waals surface area contributed by atoms with Crippen molar-refractivity contribution < 1.29 is 9.53 Å². The van der Waals surface area contributed by atoms with Gasteiger partial charge in [-0.05, 0) is 36.3 Å². The molecular formula is C18H29NO2. The van der Waals surface area contributed by atoms with E-state index in [-0.39, 0.29) is 11.3 Å². The van der Waals surface area contributed by atoms with Gasteiger partial charge in [0.2, 0.25) is 5.91 Å². The molecule has 118 valence electrons. The van der Waals surface area contributed by atoms with Gasteiger partial charge in [-0.25, -0.2) is 0 Å². The molecule has 0 fully saturated rings. The van der Waals surface area contributed by atoms with Crippen molar-refractivity contribution in [2.24, 2.45) is 0 Å². The Balaban J connectivity index is 2.25. The van der Waals surface area contributed by atoms with Crippen molar-refractivity contribution in [1.29, 1.82) is 0 Å². The van der Waals surface area contributed by atoms with Gasteiger partial charge < -0.3 is 10.1 Å². The van der Waals surface area contributed by atoms with Crippen molar-refractivity contribution in [3.8, 4) is 0 Å². The maximum absolute atomic E-state index is 11.6. The highest BCUT2D eigenvalue weighted by Crippen LogP contribution is 2.22. The molecule has 0 radical (unpaired) electrons. The largest absolute Gasteiger partial charge is 0.382 e. The van der Waals surface area contributed by atoms with Crippen molar-refractivity contribution in [3.05, 3.63) is 35.4 Å². The highest BCUT2D eigenvalue weighted by atomic mass is 16.5. The van der Waals surface area contributed by atoms with E-state index in [2.05, 4.69) is 50.4 Å². The maximum Gasteiger partial charge on any atom is 0.220 e. The topological polar surface area (TPSA) is 38.3 Å². The van der Waals surface area contributed by atoms with Gasteiger partial charge in [0.25, 0.3) is 0 Å². The third-order valence-electron chi connectivity index (χ3n) is 3.45. The molecular weight excluding hydrogens is 262 g/mol. The lowest BCUT2D eigenvalue weighted by molar-refractivity contribution is -0.121. The summed E-state index contributed by atoms with van der Waals surface area (Å²) >= 11 is 0. The summed E-state index contributed by atoms with van der Waals surface area (Å²) in [5.41, 5.74) is 2.79. The van der Waals surface area contributed by atoms with E-state index in [1.165, 1.54) is 11.1 Å². The fourth-order valence-electron chi connectivity index (χ4n) is 2.09. The average molecular weight is 291 g/mol. The summed E-state index contributed by atoms with van der Waals surface area (Å²) in [6, 6.07) is 8.67. The second kappa shape index (κ2) is 8.83. The summed E-state index contributed by atoms with van der Waals surface area (Å²) in [4.78, 5) is 11.6. The van der Waals surface area contributed by atoms with Crippen LogP contribution in [0.5, 0.6) is 0 Å². The summed E-state index contributed by atoms with van der Waals surface area (Å²) in [7, 11) is 0. The Morgan fingerprint density at radius 3 is 2.43 bits per heavy atom. The minimum atomic E-state index is 0.112. The fraction of sp³-hybridized carbons (Fsp3) is 0.611. The van der Waals surface area contributed by atoms with Crippen LogP contribution in [0.1, 0.15) is 51.7 Å². The van der Waals surface area contributed by atoms with Crippen molar-refractivity contribution in [2.75, 3.05) is 19.8 Å². The molecule has 21 heavy (non-hydrogen) atoms. The molecule has 1 aromatic carbocycles. The van der Waals surface area contributed by atoms with E-state index in [0.717, 1.165) is 12.8 Å². The first-order valence-corrected chi connectivity index (χ1v) is 7.87. The summed E-state index contributed by atoms with van der Waals surface area (Å²) in [6.45, 7) is 10.7. The molecule has 0 aliphatic rings. The third kappa shape index (κ3) is 7.28. The second-order valence-electron chi connectivity index (χ2n) is 6.35. The smallest absolute Gasteiger partial charge is 0.220 e. The summed E-state index contributed by atoms with van der Waals surface area (Å²) < 4.78 is 5.22. The Morgan fingerprint density at radius 1 is 1.19 bits per heavy atom. The molecule has 0 saturated carbocycles. The van der Waals surface area contributed by atoms with Crippen LogP contribution in [0.15, 0.2) is 24.3 Å². The van der Waals surface area contributed by atoms with Crippen LogP contribution in [0.3, 0.4) is 0 Å². The number of nitrogens with one attached hydrogen (secondary N) is 1. The minimum Gasteiger partial charge on any atom is -0.382 e. The van der Waals surface area contributed by atoms with E-state index in [9.17, 15) is 4.79 Å². The second-order valence-corrected chi connectivity index (χ2v) is 6.35. The molecule has 0 atom stereocenters. The van der Waals surface area contributed by atoms with Crippen LogP contribution in [-0.4, -0.2) is 25.7 Å². The van der Waals surface area contributed by atoms with Crippen LogP contribution in [0.2, 0.25) is 0 Å². The normalized spacial score (nSPS) is 11.4. The monoisotopic (exact) mass is 291 g/mol. The molecule has 3 heteroatoms. The van der Waals surface area contributed by atoms with Crippen molar-refractivity contribution in [3.63, 3.8) is 0 Å². The molecule has 3 nitrogen and oxygen atoms in total. The Hall–Kier alpha value is -1.35. The fourth-order valence-corrected chi connectivity index (χ4v) is 2.09. The van der Waals surface area contributed by atoms with Crippen LogP contribution in [0, 0.1) is 0 Å². The maximum atomic E-state index is 11.6. The van der Waals surface area contributed by atoms with E-state index >= 15 is 0 Å². The number of hydrogen-bond donors (Lipinski definition) is 1. The Morgan fingerprint density at radius 2 is 1.86 bits per heavy atom. The summed E-state index contributed by atoms with van der Waals surface area (Å²) in [5, 5.41) is 2.96. The molecule has 1 rings (SSSR count). The molecule has 0 heterocycles. The van der Waals surface area contributed by atoms with Gasteiger partial charge in [-0.3, -0.25) is 4.79 Å². The first kappa shape index (κ1) is 17.7. The number of hydrogen-bond acceptors (Lipinski definition) is 2. The average Bonchev–Trinajstić information content (AvgIpc) is 2.43. The van der Waals surface area contributed by atoms with Gasteiger partial charge >= 0.3 is 0 Å². The Bertz CT molecular complexity index is 418. The van der Waals surface area contributed by atoms with E-state index in [1.807, 2.05) is 6.92 Å². The van der Waals surface area contributed by atoms with Gasteiger partial charge in [0, 0.05) is 26.2 Å². The number of amides is 1. The molecule has 0 aliphatic heterocycles. The highest BCUT2D eigenvalue weighted by Gasteiger charge is 2.12. The molecule has 0 unspecified atom stereocenters. The van der Waals surface area contributed by atoms with E-state index < -0.39 is 0 Å². The lowest BCUT2D eigenvalue weighted by Gasteiger charge is -2.19. The van der Waals surface area contributed by atoms with Crippen molar-refractivity contribution in [1.82, 2.24) is 5.32 Å². The van der Waals surface area contributed by atoms with Gasteiger partial charge in [0.15, 0.2) is 0 Å². The standard InChI is InChI=1S/C18H29NO2/c1-5-21-14-6-7-17(20)19-13-12-15-8-10-16(11-9-15)18(2,3)4/h8-11H,5-7,12-14H2,1-4H3,(H,19,20). The third-order valence-corrected chi connectivity index (χ3v) is 3.45. The molecule has 0 spiro atoms. The zero-order valence-electron chi connectivity index (χ0n) is 13.9. The number of rotatable bonds is 8. The van der Waals surface area contributed by atoms with E-state index in [0.29, 0.717) is 26.2 Å². The van der Waals surface area contributed by atoms with Gasteiger partial charge in [0.05, 0.1) is 0 Å². The molecule has 0 aromatic heterocycles. The zero-order chi connectivity index (χ0) is 15.7. The number of ether oxygens (including phenoxy) is 1. The van der Waals surface area contributed by atoms with Crippen molar-refractivity contribution in [2.45, 2.75) is 52.4 Å². The molecule has 1 aromatic rings. The lowest BCUT2D eigenvalue weighted by Crippen LogP contribution is -2.25. The molecule has 0 saturated heterocycles. The molecule has 1 amide bonds. The lowest BCUT2D eigenvalue weighted by atomic mass is 9.86. The first-order chi connectivity index (χ1) is 9.93. The minimum absolute atomic E-state index is 0.112. The SMILES string of the molecule is CCOCCCC(=O)NCCc1ccc(C(C)(C)C)cc1. The zero-order valence-corrected chi connectivity index (χ0v) is 13.9. The van der Waals surface area contributed by atoms with E-state index in [4.69, 9.17) is 4.74 Å². The Labute approximate surface area is 129 Å². The van der Waals surface area contributed by atoms with Gasteiger partial charge in [-0.1, -0.05) is 45.0 Å². The van der Waals surface area contributed by atoms with Gasteiger partial charge in [-0.2, -0.15) is 0 Å². The molecule has 0 bridgehead atoms. The van der Waals surface area contributed by atoms with Crippen LogP contribution in [-0.2, 0) is 21.4 Å². The predicted octanol–water partition coefficient (Wildman–Crippen LogP) is 3.46. The Kier molecular flexibility index (Phi) is 7.44. The van der Waals surface area contributed by atoms with Crippen LogP contribution >= 0.6 is 0 Å². The van der Waals surface area contributed by atoms with Crippen LogP contribution in [0.25, 0.3) is 0 Å². The first-order valence-electron chi connectivity index (χ1n) is 7.87. The number of carbonyl (C=O) groups excluding carboxylic acids is 1. The van der Waals surface area contributed by atoms with Crippen LogP contribution < -0.4 is 5.32 Å². The van der Waals surface area contributed by atoms with Crippen molar-refractivity contribution >= 4 is 5.91 Å². The molecule has 0 aliphatic carbocycles. The quantitative estimate of drug-likeness (QED) is 0.745. The van der Waals surface area contributed by atoms with Gasteiger partial charge in [-0.15, -0.1) is 0 Å². The van der Waals surface area contributed by atoms with Gasteiger partial charge in [0.1, 0.15) is 0 Å². The van der Waals surface area contributed by atoms with E-state index in [1.54, 1.807) is 0 Å². The number of benzene rings is 1. The highest BCUT2D eigenvalue weighted by molar-refractivity contribution is 5.75. The number of carbonyl (C=O) groups is 1. The summed E-state index contributed by atoms with van der Waals surface area (Å²) in [6.07, 6.45) is 2.21. The summed E-state index contributed by atoms with van der Waals surface area (Å²) in [5.74, 6) is 0.112. The van der Waals surface area contributed by atoms with Crippen LogP contribution in [0.4, 0.5) is 0 Å². The molecule has 1 N–H and O–H groups in total.